The Kier molecular flexibility index (Phi) is 9.39. The molecule has 1 aromatic carbocycles. The second-order valence-corrected chi connectivity index (χ2v) is 16.8. The van der Waals surface area contributed by atoms with Crippen LogP contribution in [0.25, 0.3) is 0 Å². The zero-order valence-corrected chi connectivity index (χ0v) is 24.7. The maximum atomic E-state index is 13.8. The van der Waals surface area contributed by atoms with Crippen LogP contribution >= 0.6 is 15.9 Å². The van der Waals surface area contributed by atoms with Gasteiger partial charge < -0.3 is 9.16 Å². The van der Waals surface area contributed by atoms with Crippen molar-refractivity contribution in [2.45, 2.75) is 85.0 Å². The van der Waals surface area contributed by atoms with Gasteiger partial charge in [-0.05, 0) is 53.7 Å². The van der Waals surface area contributed by atoms with Gasteiger partial charge in [-0.2, -0.15) is 0 Å². The third-order valence-corrected chi connectivity index (χ3v) is 13.1. The summed E-state index contributed by atoms with van der Waals surface area (Å²) in [4.78, 5) is 28.0. The largest absolute Gasteiger partial charge is 0.543 e. The minimum atomic E-state index is -2.21. The fourth-order valence-electron chi connectivity index (χ4n) is 5.14. The predicted molar refractivity (Wildman–Crippen MR) is 145 cm³/mol. The SMILES string of the molecule is C=C(C)/C=C(/C(=O)c1cc(Br)cc(O[Si](C(C)C)(C(C)C)C(C)C)c1)N1C(=O)OC[C@@H]1C(C)C. The smallest absolute Gasteiger partial charge is 0.414 e. The lowest BCUT2D eigenvalue weighted by atomic mass is 10.00. The molecule has 0 radical (unpaired) electrons. The van der Waals surface area contributed by atoms with Crippen molar-refractivity contribution < 1.29 is 18.8 Å². The highest BCUT2D eigenvalue weighted by molar-refractivity contribution is 9.10. The molecule has 1 aliphatic rings. The second-order valence-electron chi connectivity index (χ2n) is 10.6. The van der Waals surface area contributed by atoms with E-state index in [4.69, 9.17) is 9.16 Å². The van der Waals surface area contributed by atoms with Crippen molar-refractivity contribution in [2.24, 2.45) is 5.92 Å². The van der Waals surface area contributed by atoms with Crippen LogP contribution in [0.1, 0.15) is 72.7 Å². The number of cyclic esters (lactones) is 1. The van der Waals surface area contributed by atoms with Crippen LogP contribution in [0, 0.1) is 5.92 Å². The van der Waals surface area contributed by atoms with Crippen molar-refractivity contribution in [1.29, 1.82) is 0 Å². The van der Waals surface area contributed by atoms with Crippen molar-refractivity contribution in [2.75, 3.05) is 6.61 Å². The number of amides is 1. The highest BCUT2D eigenvalue weighted by Gasteiger charge is 2.47. The molecule has 1 amide bonds. The Morgan fingerprint density at radius 2 is 1.68 bits per heavy atom. The lowest BCUT2D eigenvalue weighted by Crippen LogP contribution is -2.50. The van der Waals surface area contributed by atoms with Crippen molar-refractivity contribution in [1.82, 2.24) is 4.90 Å². The number of Topliss-reactive ketones (excluding diaryl/α,β-unsaturated/α-hetero) is 1. The molecule has 1 saturated heterocycles. The zero-order chi connectivity index (χ0) is 26.0. The Morgan fingerprint density at radius 1 is 1.12 bits per heavy atom. The van der Waals surface area contributed by atoms with Gasteiger partial charge in [-0.1, -0.05) is 83.5 Å². The van der Waals surface area contributed by atoms with E-state index in [0.29, 0.717) is 33.5 Å². The normalized spacial score (nSPS) is 17.2. The van der Waals surface area contributed by atoms with Gasteiger partial charge >= 0.3 is 6.09 Å². The molecule has 1 heterocycles. The zero-order valence-electron chi connectivity index (χ0n) is 22.1. The summed E-state index contributed by atoms with van der Waals surface area (Å²) >= 11 is 3.57. The Hall–Kier alpha value is -1.86. The molecule has 0 unspecified atom stereocenters. The summed E-state index contributed by atoms with van der Waals surface area (Å²) in [5.41, 5.74) is 2.61. The van der Waals surface area contributed by atoms with E-state index < -0.39 is 14.4 Å². The molecule has 1 fully saturated rings. The highest BCUT2D eigenvalue weighted by atomic mass is 79.9. The van der Waals surface area contributed by atoms with Gasteiger partial charge in [0.25, 0.3) is 8.32 Å². The van der Waals surface area contributed by atoms with Crippen LogP contribution in [0.2, 0.25) is 16.6 Å². The molecule has 0 aromatic heterocycles. The van der Waals surface area contributed by atoms with Gasteiger partial charge in [0.05, 0.1) is 11.7 Å². The molecule has 0 aliphatic carbocycles. The quantitative estimate of drug-likeness (QED) is 0.128. The Labute approximate surface area is 214 Å². The average Bonchev–Trinajstić information content (AvgIpc) is 3.09. The molecule has 1 aliphatic heterocycles. The molecule has 0 N–H and O–H groups in total. The fraction of sp³-hybridized carbons (Fsp3) is 0.556. The number of benzene rings is 1. The number of halogens is 1. The maximum absolute atomic E-state index is 13.8. The van der Waals surface area contributed by atoms with Crippen molar-refractivity contribution in [3.63, 3.8) is 0 Å². The number of hydrogen-bond acceptors (Lipinski definition) is 4. The summed E-state index contributed by atoms with van der Waals surface area (Å²) in [6, 6.07) is 5.29. The number of carbonyl (C=O) groups excluding carboxylic acids is 2. The van der Waals surface area contributed by atoms with Crippen LogP contribution in [-0.2, 0) is 4.74 Å². The van der Waals surface area contributed by atoms with Gasteiger partial charge in [0, 0.05) is 10.0 Å². The molecule has 5 nitrogen and oxygen atoms in total. The van der Waals surface area contributed by atoms with Crippen LogP contribution in [-0.4, -0.2) is 37.7 Å². The fourth-order valence-corrected chi connectivity index (χ4v) is 10.8. The summed E-state index contributed by atoms with van der Waals surface area (Å²) < 4.78 is 12.9. The number of allylic oxidation sites excluding steroid dienone is 3. The standard InChI is InChI=1S/C27H40BrNO4Si/c1-16(2)11-24(29-25(17(3)4)15-32-27(29)31)26(30)21-12-22(28)14-23(13-21)33-34(18(5)6,19(7)8)20(9)10/h11-14,17-20,25H,1,15H2,2-10H3/b24-11-/t25-/m1/s1. The van der Waals surface area contributed by atoms with Gasteiger partial charge in [-0.15, -0.1) is 0 Å². The van der Waals surface area contributed by atoms with Crippen LogP contribution in [0.5, 0.6) is 5.75 Å². The molecule has 0 spiro atoms. The molecule has 1 aromatic rings. The molecule has 1 atom stereocenters. The van der Waals surface area contributed by atoms with Gasteiger partial charge in [0.2, 0.25) is 5.78 Å². The Bertz CT molecular complexity index is 946. The average molecular weight is 551 g/mol. The second kappa shape index (κ2) is 11.3. The van der Waals surface area contributed by atoms with Crippen LogP contribution in [0.3, 0.4) is 0 Å². The van der Waals surface area contributed by atoms with E-state index in [1.54, 1.807) is 18.2 Å². The Morgan fingerprint density at radius 3 is 2.15 bits per heavy atom. The first-order valence-corrected chi connectivity index (χ1v) is 15.0. The molecule has 0 bridgehead atoms. The van der Waals surface area contributed by atoms with Gasteiger partial charge in [-0.25, -0.2) is 4.79 Å². The van der Waals surface area contributed by atoms with Crippen molar-refractivity contribution in [3.05, 3.63) is 52.2 Å². The lowest BCUT2D eigenvalue weighted by Gasteiger charge is -2.42. The lowest BCUT2D eigenvalue weighted by molar-refractivity contribution is 0.0983. The van der Waals surface area contributed by atoms with E-state index in [-0.39, 0.29) is 30.0 Å². The maximum Gasteiger partial charge on any atom is 0.414 e. The van der Waals surface area contributed by atoms with E-state index in [1.165, 1.54) is 4.90 Å². The first-order valence-electron chi connectivity index (χ1n) is 12.1. The molecule has 2 rings (SSSR count). The minimum absolute atomic E-state index is 0.129. The molecule has 0 saturated carbocycles. The number of ether oxygens (including phenoxy) is 1. The van der Waals surface area contributed by atoms with E-state index in [2.05, 4.69) is 64.1 Å². The number of nitrogens with zero attached hydrogens (tertiary/aromatic N) is 1. The van der Waals surface area contributed by atoms with Crippen molar-refractivity contribution in [3.8, 4) is 5.75 Å². The Balaban J connectivity index is 2.57. The summed E-state index contributed by atoms with van der Waals surface area (Å²) in [7, 11) is -2.21. The van der Waals surface area contributed by atoms with E-state index >= 15 is 0 Å². The predicted octanol–water partition coefficient (Wildman–Crippen LogP) is 8.12. The molecule has 188 valence electrons. The summed E-state index contributed by atoms with van der Waals surface area (Å²) in [6.45, 7) is 23.4. The molecular formula is C27H40BrNO4Si. The highest BCUT2D eigenvalue weighted by Crippen LogP contribution is 2.43. The number of carbonyl (C=O) groups is 2. The third-order valence-electron chi connectivity index (χ3n) is 6.69. The first-order chi connectivity index (χ1) is 15.7. The summed E-state index contributed by atoms with van der Waals surface area (Å²) in [5.74, 6) is 0.549. The molecule has 7 heteroatoms. The number of hydrogen-bond donors (Lipinski definition) is 0. The number of rotatable bonds is 10. The van der Waals surface area contributed by atoms with Gasteiger partial charge in [-0.3, -0.25) is 9.69 Å². The minimum Gasteiger partial charge on any atom is -0.543 e. The van der Waals surface area contributed by atoms with E-state index in [1.807, 2.05) is 26.8 Å². The van der Waals surface area contributed by atoms with E-state index in [0.717, 1.165) is 4.47 Å². The van der Waals surface area contributed by atoms with Gasteiger partial charge in [0.15, 0.2) is 0 Å². The van der Waals surface area contributed by atoms with Crippen LogP contribution in [0.4, 0.5) is 4.79 Å². The number of ketones is 1. The third kappa shape index (κ3) is 5.85. The van der Waals surface area contributed by atoms with Crippen LogP contribution < -0.4 is 4.43 Å². The molecular weight excluding hydrogens is 510 g/mol. The summed E-state index contributed by atoms with van der Waals surface area (Å²) in [6.07, 6.45) is 1.16. The first kappa shape index (κ1) is 28.4. The van der Waals surface area contributed by atoms with E-state index in [9.17, 15) is 9.59 Å². The topological polar surface area (TPSA) is 55.8 Å². The summed E-state index contributed by atoms with van der Waals surface area (Å²) in [5, 5.41) is 0. The van der Waals surface area contributed by atoms with Crippen molar-refractivity contribution >= 4 is 36.1 Å². The van der Waals surface area contributed by atoms with Crippen LogP contribution in [0.15, 0.2) is 46.6 Å². The monoisotopic (exact) mass is 549 g/mol. The molecule has 34 heavy (non-hydrogen) atoms. The van der Waals surface area contributed by atoms with Gasteiger partial charge in [0.1, 0.15) is 12.4 Å².